The first-order chi connectivity index (χ1) is 12.5. The fourth-order valence-corrected chi connectivity index (χ4v) is 3.56. The fourth-order valence-electron chi connectivity index (χ4n) is 3.56. The molecule has 0 aliphatic carbocycles. The van der Waals surface area contributed by atoms with Crippen LogP contribution in [0, 0.1) is 5.92 Å². The summed E-state index contributed by atoms with van der Waals surface area (Å²) in [6, 6.07) is 3.54. The van der Waals surface area contributed by atoms with Crippen LogP contribution in [0.15, 0.2) is 18.3 Å². The highest BCUT2D eigenvalue weighted by Gasteiger charge is 2.21. The number of hydrogen-bond acceptors (Lipinski definition) is 6. The molecule has 1 fully saturated rings. The number of pyridine rings is 1. The van der Waals surface area contributed by atoms with Gasteiger partial charge < -0.3 is 24.8 Å². The lowest BCUT2D eigenvalue weighted by Crippen LogP contribution is -2.35. The molecule has 2 heterocycles. The van der Waals surface area contributed by atoms with E-state index in [0.717, 1.165) is 25.9 Å². The van der Waals surface area contributed by atoms with Crippen LogP contribution in [0.3, 0.4) is 0 Å². The number of likely N-dealkylation sites (tertiary alicyclic amines) is 1. The third kappa shape index (κ3) is 3.67. The molecule has 7 nitrogen and oxygen atoms in total. The van der Waals surface area contributed by atoms with Crippen LogP contribution >= 0.6 is 0 Å². The van der Waals surface area contributed by atoms with Crippen molar-refractivity contribution in [2.45, 2.75) is 12.8 Å². The zero-order chi connectivity index (χ0) is 18.7. The monoisotopic (exact) mass is 359 g/mol. The second kappa shape index (κ2) is 7.78. The van der Waals surface area contributed by atoms with Crippen molar-refractivity contribution in [1.82, 2.24) is 9.88 Å². The summed E-state index contributed by atoms with van der Waals surface area (Å²) < 4.78 is 10.7. The molecule has 26 heavy (non-hydrogen) atoms. The smallest absolute Gasteiger partial charge is 0.339 e. The number of ether oxygens (including phenoxy) is 2. The van der Waals surface area contributed by atoms with Crippen LogP contribution in [0.1, 0.15) is 23.2 Å². The van der Waals surface area contributed by atoms with Gasteiger partial charge in [-0.25, -0.2) is 4.79 Å². The molecule has 1 aliphatic heterocycles. The molecule has 2 N–H and O–H groups in total. The molecule has 140 valence electrons. The van der Waals surface area contributed by atoms with E-state index in [0.29, 0.717) is 40.6 Å². The third-order valence-corrected chi connectivity index (χ3v) is 4.89. The van der Waals surface area contributed by atoms with Gasteiger partial charge >= 0.3 is 5.97 Å². The Hall–Kier alpha value is -2.54. The quantitative estimate of drug-likeness (QED) is 0.820. The van der Waals surface area contributed by atoms with Crippen LogP contribution in [-0.2, 0) is 0 Å². The number of methoxy groups -OCH3 is 2. The topological polar surface area (TPSA) is 83.9 Å². The fraction of sp³-hybridized carbons (Fsp3) is 0.474. The first kappa shape index (κ1) is 18.3. The second-order valence-corrected chi connectivity index (χ2v) is 6.73. The van der Waals surface area contributed by atoms with E-state index >= 15 is 0 Å². The first-order valence-corrected chi connectivity index (χ1v) is 8.74. The van der Waals surface area contributed by atoms with E-state index in [9.17, 15) is 9.90 Å². The molecule has 0 saturated carbocycles. The minimum absolute atomic E-state index is 0.150. The van der Waals surface area contributed by atoms with Gasteiger partial charge in [-0.15, -0.1) is 0 Å². The van der Waals surface area contributed by atoms with Gasteiger partial charge in [0.25, 0.3) is 0 Å². The molecular formula is C19H25N3O4. The van der Waals surface area contributed by atoms with E-state index in [4.69, 9.17) is 9.47 Å². The summed E-state index contributed by atoms with van der Waals surface area (Å²) in [5, 5.41) is 13.7. The predicted octanol–water partition coefficient (Wildman–Crippen LogP) is 2.70. The highest BCUT2D eigenvalue weighted by atomic mass is 16.5. The number of aromatic nitrogens is 1. The SMILES string of the molecule is COc1cc(OC)c2ncc(C(=O)O)c(NCC3CCCN(C)C3)c2c1. The Balaban J connectivity index is 2.02. The zero-order valence-electron chi connectivity index (χ0n) is 15.4. The Kier molecular flexibility index (Phi) is 5.46. The minimum Gasteiger partial charge on any atom is -0.497 e. The van der Waals surface area contributed by atoms with Crippen LogP contribution in [-0.4, -0.2) is 61.9 Å². The highest BCUT2D eigenvalue weighted by molar-refractivity contribution is 6.06. The molecule has 1 saturated heterocycles. The molecule has 1 unspecified atom stereocenters. The van der Waals surface area contributed by atoms with Gasteiger partial charge in [0.15, 0.2) is 0 Å². The predicted molar refractivity (Wildman–Crippen MR) is 101 cm³/mol. The number of nitrogens with zero attached hydrogens (tertiary/aromatic N) is 2. The highest BCUT2D eigenvalue weighted by Crippen LogP contribution is 2.36. The molecule has 0 amide bonds. The summed E-state index contributed by atoms with van der Waals surface area (Å²) >= 11 is 0. The van der Waals surface area contributed by atoms with E-state index in [2.05, 4.69) is 22.2 Å². The van der Waals surface area contributed by atoms with Gasteiger partial charge in [-0.2, -0.15) is 0 Å². The van der Waals surface area contributed by atoms with Gasteiger partial charge in [-0.1, -0.05) is 0 Å². The van der Waals surface area contributed by atoms with Gasteiger partial charge in [0, 0.05) is 30.7 Å². The number of piperidine rings is 1. The average Bonchev–Trinajstić information content (AvgIpc) is 2.64. The van der Waals surface area contributed by atoms with Crippen LogP contribution in [0.5, 0.6) is 11.5 Å². The van der Waals surface area contributed by atoms with Crippen molar-refractivity contribution in [3.63, 3.8) is 0 Å². The zero-order valence-corrected chi connectivity index (χ0v) is 15.4. The maximum atomic E-state index is 11.7. The number of carbonyl (C=O) groups is 1. The number of rotatable bonds is 6. The summed E-state index contributed by atoms with van der Waals surface area (Å²) in [5.41, 5.74) is 1.33. The van der Waals surface area contributed by atoms with Crippen molar-refractivity contribution >= 4 is 22.6 Å². The lowest BCUT2D eigenvalue weighted by Gasteiger charge is -2.30. The Bertz CT molecular complexity index is 809. The Labute approximate surface area is 152 Å². The number of aromatic carboxylic acids is 1. The average molecular weight is 359 g/mol. The van der Waals surface area contributed by atoms with E-state index < -0.39 is 5.97 Å². The van der Waals surface area contributed by atoms with Crippen molar-refractivity contribution < 1.29 is 19.4 Å². The Morgan fingerprint density at radius 1 is 1.38 bits per heavy atom. The van der Waals surface area contributed by atoms with Crippen molar-refractivity contribution in [2.24, 2.45) is 5.92 Å². The van der Waals surface area contributed by atoms with Crippen LogP contribution < -0.4 is 14.8 Å². The van der Waals surface area contributed by atoms with Gasteiger partial charge in [-0.05, 0) is 38.4 Å². The number of anilines is 1. The molecule has 0 bridgehead atoms. The van der Waals surface area contributed by atoms with Crippen molar-refractivity contribution in [3.8, 4) is 11.5 Å². The molecule has 1 atom stereocenters. The number of fused-ring (bicyclic) bond motifs is 1. The first-order valence-electron chi connectivity index (χ1n) is 8.74. The Morgan fingerprint density at radius 2 is 2.19 bits per heavy atom. The van der Waals surface area contributed by atoms with E-state index in [-0.39, 0.29) is 5.56 Å². The van der Waals surface area contributed by atoms with E-state index in [1.165, 1.54) is 6.20 Å². The number of hydrogen-bond donors (Lipinski definition) is 2. The van der Waals surface area contributed by atoms with Gasteiger partial charge in [0.1, 0.15) is 22.6 Å². The number of carboxylic acids is 1. The molecule has 7 heteroatoms. The lowest BCUT2D eigenvalue weighted by molar-refractivity contribution is 0.0697. The molecule has 1 aromatic carbocycles. The van der Waals surface area contributed by atoms with Crippen molar-refractivity contribution in [2.75, 3.05) is 46.2 Å². The summed E-state index contributed by atoms with van der Waals surface area (Å²) in [6.07, 6.45) is 3.68. The summed E-state index contributed by atoms with van der Waals surface area (Å²) in [7, 11) is 5.25. The van der Waals surface area contributed by atoms with Gasteiger partial charge in [0.05, 0.1) is 19.9 Å². The maximum Gasteiger partial charge on any atom is 0.339 e. The minimum atomic E-state index is -1.01. The molecular weight excluding hydrogens is 334 g/mol. The lowest BCUT2D eigenvalue weighted by atomic mass is 9.98. The second-order valence-electron chi connectivity index (χ2n) is 6.73. The third-order valence-electron chi connectivity index (χ3n) is 4.89. The number of carboxylic acid groups (broad SMARTS) is 1. The van der Waals surface area contributed by atoms with E-state index in [1.54, 1.807) is 26.4 Å². The van der Waals surface area contributed by atoms with Crippen LogP contribution in [0.4, 0.5) is 5.69 Å². The number of benzene rings is 1. The van der Waals surface area contributed by atoms with Crippen LogP contribution in [0.25, 0.3) is 10.9 Å². The van der Waals surface area contributed by atoms with Crippen molar-refractivity contribution in [3.05, 3.63) is 23.9 Å². The normalized spacial score (nSPS) is 17.9. The molecule has 1 aliphatic rings. The molecule has 1 aromatic heterocycles. The van der Waals surface area contributed by atoms with E-state index in [1.807, 2.05) is 0 Å². The largest absolute Gasteiger partial charge is 0.497 e. The molecule has 3 rings (SSSR count). The summed E-state index contributed by atoms with van der Waals surface area (Å²) in [4.78, 5) is 18.3. The molecule has 0 spiro atoms. The molecule has 2 aromatic rings. The Morgan fingerprint density at radius 3 is 2.85 bits per heavy atom. The summed E-state index contributed by atoms with van der Waals surface area (Å²) in [6.45, 7) is 2.83. The van der Waals surface area contributed by atoms with Gasteiger partial charge in [0.2, 0.25) is 0 Å². The maximum absolute atomic E-state index is 11.7. The summed E-state index contributed by atoms with van der Waals surface area (Å²) in [5.74, 6) is 0.617. The number of nitrogens with one attached hydrogen (secondary N) is 1. The van der Waals surface area contributed by atoms with Crippen LogP contribution in [0.2, 0.25) is 0 Å². The standard InChI is InChI=1S/C19H25N3O4/c1-22-6-4-5-12(11-22)9-20-17-14-7-13(25-2)8-16(26-3)18(14)21-10-15(17)19(23)24/h7-8,10,12H,4-6,9,11H2,1-3H3,(H,20,21)(H,23,24). The van der Waals surface area contributed by atoms with Gasteiger partial charge in [-0.3, -0.25) is 4.98 Å². The molecule has 0 radical (unpaired) electrons. The van der Waals surface area contributed by atoms with Crippen molar-refractivity contribution in [1.29, 1.82) is 0 Å².